The zero-order valence-electron chi connectivity index (χ0n) is 13.9. The van der Waals surface area contributed by atoms with Crippen molar-refractivity contribution in [3.63, 3.8) is 0 Å². The van der Waals surface area contributed by atoms with Crippen LogP contribution in [0.15, 0.2) is 48.5 Å². The first-order valence-electron chi connectivity index (χ1n) is 7.83. The Bertz CT molecular complexity index is 690. The quantitative estimate of drug-likeness (QED) is 0.578. The summed E-state index contributed by atoms with van der Waals surface area (Å²) in [7, 11) is 1.63. The van der Waals surface area contributed by atoms with Crippen LogP contribution in [0.25, 0.3) is 11.6 Å². The number of benzene rings is 2. The molecule has 0 bridgehead atoms. The summed E-state index contributed by atoms with van der Waals surface area (Å²) in [6, 6.07) is 18.1. The molecule has 0 unspecified atom stereocenters. The van der Waals surface area contributed by atoms with Crippen molar-refractivity contribution < 1.29 is 4.74 Å². The summed E-state index contributed by atoms with van der Waals surface area (Å²) >= 11 is 0. The van der Waals surface area contributed by atoms with Crippen molar-refractivity contribution in [3.05, 3.63) is 59.7 Å². The molecule has 0 N–H and O–H groups in total. The van der Waals surface area contributed by atoms with Crippen LogP contribution in [-0.4, -0.2) is 20.2 Å². The average molecular weight is 306 g/mol. The second kappa shape index (κ2) is 8.05. The zero-order valence-corrected chi connectivity index (χ0v) is 13.9. The topological polar surface area (TPSA) is 36.3 Å². The number of rotatable bonds is 6. The summed E-state index contributed by atoms with van der Waals surface area (Å²) < 4.78 is 5.15. The predicted octanol–water partition coefficient (Wildman–Crippen LogP) is 4.61. The van der Waals surface area contributed by atoms with E-state index in [-0.39, 0.29) is 0 Å². The number of anilines is 1. The van der Waals surface area contributed by atoms with Gasteiger partial charge in [-0.3, -0.25) is 0 Å². The Morgan fingerprint density at radius 3 is 2.13 bits per heavy atom. The lowest BCUT2D eigenvalue weighted by Crippen LogP contribution is -2.21. The first-order chi connectivity index (χ1) is 11.2. The van der Waals surface area contributed by atoms with Crippen molar-refractivity contribution >= 4 is 17.3 Å². The van der Waals surface area contributed by atoms with Crippen LogP contribution in [0.1, 0.15) is 25.0 Å². The maximum Gasteiger partial charge on any atom is 0.118 e. The van der Waals surface area contributed by atoms with Crippen LogP contribution < -0.4 is 9.64 Å². The molecule has 0 saturated heterocycles. The highest BCUT2D eigenvalue weighted by Gasteiger charge is 2.04. The van der Waals surface area contributed by atoms with Crippen LogP contribution in [0.2, 0.25) is 0 Å². The number of nitriles is 1. The molecule has 0 spiro atoms. The fourth-order valence-electron chi connectivity index (χ4n) is 2.49. The van der Waals surface area contributed by atoms with Crippen molar-refractivity contribution in [1.29, 1.82) is 5.26 Å². The van der Waals surface area contributed by atoms with Gasteiger partial charge in [0, 0.05) is 18.8 Å². The highest BCUT2D eigenvalue weighted by atomic mass is 16.5. The number of allylic oxidation sites excluding steroid dienone is 1. The van der Waals surface area contributed by atoms with E-state index >= 15 is 0 Å². The van der Waals surface area contributed by atoms with Crippen LogP contribution in [-0.2, 0) is 0 Å². The maximum atomic E-state index is 9.43. The Labute approximate surface area is 138 Å². The van der Waals surface area contributed by atoms with E-state index in [4.69, 9.17) is 4.74 Å². The lowest BCUT2D eigenvalue weighted by atomic mass is 10.0. The minimum atomic E-state index is 0.642. The van der Waals surface area contributed by atoms with Gasteiger partial charge in [0.1, 0.15) is 5.75 Å². The van der Waals surface area contributed by atoms with Crippen LogP contribution in [0.5, 0.6) is 5.75 Å². The molecule has 0 radical (unpaired) electrons. The van der Waals surface area contributed by atoms with Gasteiger partial charge >= 0.3 is 0 Å². The molecule has 2 aromatic carbocycles. The van der Waals surface area contributed by atoms with Gasteiger partial charge in [-0.05, 0) is 67.4 Å². The highest BCUT2D eigenvalue weighted by Crippen LogP contribution is 2.22. The first-order valence-corrected chi connectivity index (χ1v) is 7.83. The molecule has 0 aliphatic heterocycles. The molecule has 0 atom stereocenters. The molecule has 0 aliphatic carbocycles. The molecule has 118 valence electrons. The summed E-state index contributed by atoms with van der Waals surface area (Å²) in [5.74, 6) is 0.787. The van der Waals surface area contributed by atoms with Gasteiger partial charge in [-0.25, -0.2) is 0 Å². The monoisotopic (exact) mass is 306 g/mol. The smallest absolute Gasteiger partial charge is 0.118 e. The highest BCUT2D eigenvalue weighted by molar-refractivity contribution is 5.89. The molecule has 23 heavy (non-hydrogen) atoms. The second-order valence-electron chi connectivity index (χ2n) is 5.16. The summed E-state index contributed by atoms with van der Waals surface area (Å²) in [4.78, 5) is 2.29. The minimum Gasteiger partial charge on any atom is -0.497 e. The Morgan fingerprint density at radius 2 is 1.65 bits per heavy atom. The van der Waals surface area contributed by atoms with E-state index < -0.39 is 0 Å². The van der Waals surface area contributed by atoms with E-state index in [9.17, 15) is 5.26 Å². The van der Waals surface area contributed by atoms with Crippen molar-refractivity contribution in [1.82, 2.24) is 0 Å². The van der Waals surface area contributed by atoms with E-state index in [1.54, 1.807) is 7.11 Å². The lowest BCUT2D eigenvalue weighted by molar-refractivity contribution is 0.415. The van der Waals surface area contributed by atoms with Crippen LogP contribution in [0.4, 0.5) is 5.69 Å². The van der Waals surface area contributed by atoms with Gasteiger partial charge in [-0.15, -0.1) is 0 Å². The van der Waals surface area contributed by atoms with E-state index in [1.807, 2.05) is 30.3 Å². The normalized spacial score (nSPS) is 11.0. The molecule has 0 aliphatic rings. The Morgan fingerprint density at radius 1 is 1.04 bits per heavy atom. The summed E-state index contributed by atoms with van der Waals surface area (Å²) in [5, 5.41) is 9.43. The van der Waals surface area contributed by atoms with E-state index in [1.165, 1.54) is 5.69 Å². The van der Waals surface area contributed by atoms with Gasteiger partial charge in [0.05, 0.1) is 18.8 Å². The molecule has 3 nitrogen and oxygen atoms in total. The Kier molecular flexibility index (Phi) is 5.82. The molecule has 0 amide bonds. The van der Waals surface area contributed by atoms with Crippen molar-refractivity contribution in [2.75, 3.05) is 25.1 Å². The molecule has 2 aromatic rings. The fraction of sp³-hybridized carbons (Fsp3) is 0.250. The summed E-state index contributed by atoms with van der Waals surface area (Å²) in [6.45, 7) is 6.27. The second-order valence-corrected chi connectivity index (χ2v) is 5.16. The van der Waals surface area contributed by atoms with E-state index in [0.717, 1.165) is 30.0 Å². The van der Waals surface area contributed by atoms with Crippen LogP contribution >= 0.6 is 0 Å². The van der Waals surface area contributed by atoms with Gasteiger partial charge < -0.3 is 9.64 Å². The molecule has 0 saturated carbocycles. The minimum absolute atomic E-state index is 0.642. The summed E-state index contributed by atoms with van der Waals surface area (Å²) in [5.41, 5.74) is 3.76. The standard InChI is InChI=1S/C20H22N2O/c1-4-22(5-2)19-10-6-16(7-11-19)14-18(15-21)17-8-12-20(23-3)13-9-17/h6-14H,4-5H2,1-3H3/b18-14+. The lowest BCUT2D eigenvalue weighted by Gasteiger charge is -2.20. The Hall–Kier alpha value is -2.73. The molecular weight excluding hydrogens is 284 g/mol. The number of ether oxygens (including phenoxy) is 1. The largest absolute Gasteiger partial charge is 0.497 e. The third kappa shape index (κ3) is 4.14. The van der Waals surface area contributed by atoms with Crippen LogP contribution in [0.3, 0.4) is 0 Å². The predicted molar refractivity (Wildman–Crippen MR) is 96.5 cm³/mol. The van der Waals surface area contributed by atoms with Crippen molar-refractivity contribution in [2.45, 2.75) is 13.8 Å². The number of nitrogens with zero attached hydrogens (tertiary/aromatic N) is 2. The molecule has 2 rings (SSSR count). The van der Waals surface area contributed by atoms with Gasteiger partial charge in [-0.2, -0.15) is 5.26 Å². The molecular formula is C20H22N2O. The summed E-state index contributed by atoms with van der Waals surface area (Å²) in [6.07, 6.45) is 1.91. The van der Waals surface area contributed by atoms with Gasteiger partial charge in [-0.1, -0.05) is 12.1 Å². The van der Waals surface area contributed by atoms with Gasteiger partial charge in [0.25, 0.3) is 0 Å². The number of hydrogen-bond donors (Lipinski definition) is 0. The number of hydrogen-bond acceptors (Lipinski definition) is 3. The Balaban J connectivity index is 2.25. The van der Waals surface area contributed by atoms with E-state index in [0.29, 0.717) is 5.57 Å². The van der Waals surface area contributed by atoms with Crippen molar-refractivity contribution in [2.24, 2.45) is 0 Å². The van der Waals surface area contributed by atoms with Crippen LogP contribution in [0, 0.1) is 11.3 Å². The molecule has 0 aromatic heterocycles. The maximum absolute atomic E-state index is 9.43. The molecule has 3 heteroatoms. The number of methoxy groups -OCH3 is 1. The third-order valence-corrected chi connectivity index (χ3v) is 3.85. The van der Waals surface area contributed by atoms with Crippen molar-refractivity contribution in [3.8, 4) is 11.8 Å². The average Bonchev–Trinajstić information content (AvgIpc) is 2.62. The molecule has 0 fully saturated rings. The van der Waals surface area contributed by atoms with E-state index in [2.05, 4.69) is 49.1 Å². The fourth-order valence-corrected chi connectivity index (χ4v) is 2.49. The van der Waals surface area contributed by atoms with Gasteiger partial charge in [0.2, 0.25) is 0 Å². The first kappa shape index (κ1) is 16.6. The SMILES string of the molecule is CCN(CC)c1ccc(/C=C(\C#N)c2ccc(OC)cc2)cc1. The van der Waals surface area contributed by atoms with Gasteiger partial charge in [0.15, 0.2) is 0 Å². The molecule has 0 heterocycles. The third-order valence-electron chi connectivity index (χ3n) is 3.85. The zero-order chi connectivity index (χ0) is 16.7.